The predicted molar refractivity (Wildman–Crippen MR) is 138 cm³/mol. The van der Waals surface area contributed by atoms with Crippen LogP contribution in [0.1, 0.15) is 50.7 Å². The Hall–Kier alpha value is -3.24. The molecular formula is C24H30N4O4S2. The molecule has 0 spiro atoms. The number of sulfonamides is 2. The van der Waals surface area contributed by atoms with Gasteiger partial charge in [0.25, 0.3) is 20.0 Å². The van der Waals surface area contributed by atoms with E-state index in [0.29, 0.717) is 33.9 Å². The van der Waals surface area contributed by atoms with Crippen molar-refractivity contribution in [2.45, 2.75) is 49.3 Å². The number of nitrogens with one attached hydrogen (secondary N) is 2. The minimum atomic E-state index is -4.11. The van der Waals surface area contributed by atoms with Crippen LogP contribution in [-0.2, 0) is 20.0 Å². The van der Waals surface area contributed by atoms with Crippen LogP contribution < -0.4 is 20.9 Å². The van der Waals surface area contributed by atoms with Crippen LogP contribution in [0.2, 0.25) is 0 Å². The van der Waals surface area contributed by atoms with Crippen LogP contribution in [0.4, 0.5) is 22.7 Å². The van der Waals surface area contributed by atoms with Crippen LogP contribution in [0.25, 0.3) is 0 Å². The van der Waals surface area contributed by atoms with Crippen molar-refractivity contribution in [3.8, 4) is 0 Å². The van der Waals surface area contributed by atoms with E-state index in [1.54, 1.807) is 54.6 Å². The van der Waals surface area contributed by atoms with Crippen molar-refractivity contribution in [1.82, 2.24) is 0 Å². The van der Waals surface area contributed by atoms with E-state index < -0.39 is 20.0 Å². The monoisotopic (exact) mass is 502 g/mol. The second-order valence-electron chi connectivity index (χ2n) is 8.69. The Balaban J connectivity index is 2.17. The quantitative estimate of drug-likeness (QED) is 0.329. The lowest BCUT2D eigenvalue weighted by atomic mass is 9.95. The molecule has 0 saturated carbocycles. The minimum Gasteiger partial charge on any atom is -0.399 e. The number of rotatable bonds is 8. The van der Waals surface area contributed by atoms with Gasteiger partial charge >= 0.3 is 0 Å². The third-order valence-electron chi connectivity index (χ3n) is 5.29. The lowest BCUT2D eigenvalue weighted by Gasteiger charge is -2.21. The molecule has 182 valence electrons. The molecule has 0 radical (unpaired) electrons. The number of hydrogen-bond donors (Lipinski definition) is 4. The second kappa shape index (κ2) is 9.55. The van der Waals surface area contributed by atoms with Crippen molar-refractivity contribution in [1.29, 1.82) is 0 Å². The van der Waals surface area contributed by atoms with Gasteiger partial charge in [0.15, 0.2) is 0 Å². The zero-order chi connectivity index (χ0) is 25.3. The van der Waals surface area contributed by atoms with Crippen LogP contribution in [-0.4, -0.2) is 16.8 Å². The summed E-state index contributed by atoms with van der Waals surface area (Å²) in [6.07, 6.45) is 0. The Morgan fingerprint density at radius 2 is 0.912 bits per heavy atom. The molecule has 0 aliphatic carbocycles. The summed E-state index contributed by atoms with van der Waals surface area (Å²) in [5, 5.41) is 0. The normalized spacial score (nSPS) is 12.2. The number of nitrogen functional groups attached to an aromatic ring is 2. The predicted octanol–water partition coefficient (Wildman–Crippen LogP) is 4.70. The average Bonchev–Trinajstić information content (AvgIpc) is 2.75. The van der Waals surface area contributed by atoms with Crippen LogP contribution in [0.3, 0.4) is 0 Å². The molecule has 0 atom stereocenters. The van der Waals surface area contributed by atoms with Crippen LogP contribution in [0.5, 0.6) is 0 Å². The van der Waals surface area contributed by atoms with E-state index in [2.05, 4.69) is 9.44 Å². The molecule has 0 aromatic heterocycles. The van der Waals surface area contributed by atoms with Gasteiger partial charge in [-0.1, -0.05) is 33.8 Å². The maximum atomic E-state index is 13.4. The standard InChI is InChI=1S/C24H30N4O4S2/c1-15(2)21-13-22(16(3)4)24(34(31,32)28-20-11-7-18(26)8-12-20)14-23(21)33(29,30)27-19-9-5-17(25)6-10-19/h5-16,27-28H,25-26H2,1-4H3. The molecule has 3 aromatic carbocycles. The SMILES string of the molecule is CC(C)c1cc(C(C)C)c(S(=O)(=O)Nc2ccc(N)cc2)cc1S(=O)(=O)Nc1ccc(N)cc1. The zero-order valence-electron chi connectivity index (χ0n) is 19.5. The Morgan fingerprint density at radius 3 is 1.21 bits per heavy atom. The number of benzene rings is 3. The third kappa shape index (κ3) is 5.63. The van der Waals surface area contributed by atoms with E-state index in [-0.39, 0.29) is 21.6 Å². The van der Waals surface area contributed by atoms with E-state index in [0.717, 1.165) is 0 Å². The zero-order valence-corrected chi connectivity index (χ0v) is 21.2. The molecule has 0 fully saturated rings. The largest absolute Gasteiger partial charge is 0.399 e. The van der Waals surface area contributed by atoms with Gasteiger partial charge in [0.1, 0.15) is 0 Å². The summed E-state index contributed by atoms with van der Waals surface area (Å²) in [5.74, 6) is -0.338. The summed E-state index contributed by atoms with van der Waals surface area (Å²) in [4.78, 5) is -0.192. The van der Waals surface area contributed by atoms with Crippen LogP contribution in [0, 0.1) is 0 Å². The molecule has 3 rings (SSSR count). The molecule has 8 nitrogen and oxygen atoms in total. The maximum absolute atomic E-state index is 13.4. The minimum absolute atomic E-state index is 0.0959. The first-order chi connectivity index (χ1) is 15.8. The highest BCUT2D eigenvalue weighted by Crippen LogP contribution is 2.35. The van der Waals surface area contributed by atoms with Gasteiger partial charge in [-0.15, -0.1) is 0 Å². The van der Waals surface area contributed by atoms with Crippen LogP contribution >= 0.6 is 0 Å². The average molecular weight is 503 g/mol. The fourth-order valence-corrected chi connectivity index (χ4v) is 6.43. The van der Waals surface area contributed by atoms with Crippen molar-refractivity contribution in [3.05, 3.63) is 71.8 Å². The molecule has 0 saturated heterocycles. The van der Waals surface area contributed by atoms with Crippen molar-refractivity contribution in [2.24, 2.45) is 0 Å². The first-order valence-electron chi connectivity index (χ1n) is 10.7. The first-order valence-corrected chi connectivity index (χ1v) is 13.7. The van der Waals surface area contributed by atoms with Gasteiger partial charge in [-0.2, -0.15) is 0 Å². The van der Waals surface area contributed by atoms with Crippen molar-refractivity contribution in [3.63, 3.8) is 0 Å². The molecule has 0 heterocycles. The fraction of sp³-hybridized carbons (Fsp3) is 0.250. The smallest absolute Gasteiger partial charge is 0.262 e. The third-order valence-corrected chi connectivity index (χ3v) is 8.17. The molecule has 6 N–H and O–H groups in total. The number of nitrogens with two attached hydrogens (primary N) is 2. The molecule has 0 amide bonds. The first kappa shape index (κ1) is 25.4. The van der Waals surface area contributed by atoms with Gasteiger partial charge in [0.05, 0.1) is 9.79 Å². The van der Waals surface area contributed by atoms with E-state index >= 15 is 0 Å². The highest BCUT2D eigenvalue weighted by atomic mass is 32.2. The molecule has 10 heteroatoms. The summed E-state index contributed by atoms with van der Waals surface area (Å²) >= 11 is 0. The Labute approximate surface area is 201 Å². The van der Waals surface area contributed by atoms with Gasteiger partial charge in [0, 0.05) is 22.7 Å². The lowest BCUT2D eigenvalue weighted by molar-refractivity contribution is 0.595. The summed E-state index contributed by atoms with van der Waals surface area (Å²) < 4.78 is 58.6. The Bertz CT molecular complexity index is 1280. The molecule has 0 aliphatic heterocycles. The maximum Gasteiger partial charge on any atom is 0.262 e. The summed E-state index contributed by atoms with van der Waals surface area (Å²) in [6, 6.07) is 15.4. The highest BCUT2D eigenvalue weighted by molar-refractivity contribution is 7.93. The van der Waals surface area contributed by atoms with Gasteiger partial charge in [0.2, 0.25) is 0 Å². The van der Waals surface area contributed by atoms with Gasteiger partial charge in [-0.3, -0.25) is 9.44 Å². The van der Waals surface area contributed by atoms with E-state index in [1.807, 2.05) is 27.7 Å². The van der Waals surface area contributed by atoms with Crippen LogP contribution in [0.15, 0.2) is 70.5 Å². The fourth-order valence-electron chi connectivity index (χ4n) is 3.49. The van der Waals surface area contributed by atoms with Gasteiger partial charge in [-0.25, -0.2) is 16.8 Å². The number of anilines is 4. The van der Waals surface area contributed by atoms with E-state index in [1.165, 1.54) is 6.07 Å². The summed E-state index contributed by atoms with van der Waals surface area (Å²) in [7, 11) is -8.21. The van der Waals surface area contributed by atoms with Crippen molar-refractivity contribution in [2.75, 3.05) is 20.9 Å². The molecule has 0 unspecified atom stereocenters. The highest BCUT2D eigenvalue weighted by Gasteiger charge is 2.28. The van der Waals surface area contributed by atoms with Gasteiger partial charge in [-0.05, 0) is 77.6 Å². The Kier molecular flexibility index (Phi) is 7.13. The Morgan fingerprint density at radius 1 is 0.588 bits per heavy atom. The summed E-state index contributed by atoms with van der Waals surface area (Å²) in [5.41, 5.74) is 14.1. The topological polar surface area (TPSA) is 144 Å². The summed E-state index contributed by atoms with van der Waals surface area (Å²) in [6.45, 7) is 7.45. The molecule has 34 heavy (non-hydrogen) atoms. The number of hydrogen-bond acceptors (Lipinski definition) is 6. The lowest BCUT2D eigenvalue weighted by Crippen LogP contribution is -2.20. The molecule has 0 bridgehead atoms. The second-order valence-corrected chi connectivity index (χ2v) is 12.0. The van der Waals surface area contributed by atoms with E-state index in [9.17, 15) is 16.8 Å². The van der Waals surface area contributed by atoms with E-state index in [4.69, 9.17) is 11.5 Å². The molecule has 0 aliphatic rings. The molecule has 3 aromatic rings. The van der Waals surface area contributed by atoms with Crippen molar-refractivity contribution >= 4 is 42.8 Å². The molecular weight excluding hydrogens is 472 g/mol. The van der Waals surface area contributed by atoms with Gasteiger partial charge < -0.3 is 11.5 Å². The van der Waals surface area contributed by atoms with Crippen molar-refractivity contribution < 1.29 is 16.8 Å².